The summed E-state index contributed by atoms with van der Waals surface area (Å²) in [5.41, 5.74) is 0. The van der Waals surface area contributed by atoms with Crippen molar-refractivity contribution in [3.8, 4) is 0 Å². The molecule has 18 heavy (non-hydrogen) atoms. The maximum absolute atomic E-state index is 11.7. The third-order valence-corrected chi connectivity index (χ3v) is 4.33. The van der Waals surface area contributed by atoms with Gasteiger partial charge in [-0.25, -0.2) is 0 Å². The molecule has 4 nitrogen and oxygen atoms in total. The standard InChI is InChI=1S/C14H27N3O/c1-17-8-6-12(7-9-17)10-16-14(18)11-15-13-4-2-3-5-13/h12-13,15H,2-11H2,1H3,(H,16,18). The SMILES string of the molecule is CN1CCC(CNC(=O)CNC2CCCC2)CC1. The van der Waals surface area contributed by atoms with Crippen molar-refractivity contribution in [1.82, 2.24) is 15.5 Å². The molecule has 1 aliphatic heterocycles. The van der Waals surface area contributed by atoms with Crippen molar-refractivity contribution in [2.75, 3.05) is 33.2 Å². The van der Waals surface area contributed by atoms with E-state index in [2.05, 4.69) is 22.6 Å². The highest BCUT2D eigenvalue weighted by Crippen LogP contribution is 2.17. The Morgan fingerprint density at radius 3 is 2.50 bits per heavy atom. The maximum Gasteiger partial charge on any atom is 0.233 e. The quantitative estimate of drug-likeness (QED) is 0.767. The van der Waals surface area contributed by atoms with Crippen LogP contribution in [0.3, 0.4) is 0 Å². The van der Waals surface area contributed by atoms with E-state index in [4.69, 9.17) is 0 Å². The molecule has 1 amide bonds. The molecule has 2 N–H and O–H groups in total. The van der Waals surface area contributed by atoms with Crippen LogP contribution in [0.4, 0.5) is 0 Å². The Hall–Kier alpha value is -0.610. The first-order valence-corrected chi connectivity index (χ1v) is 7.42. The number of carbonyl (C=O) groups excluding carboxylic acids is 1. The Bertz CT molecular complexity index is 256. The summed E-state index contributed by atoms with van der Waals surface area (Å²) in [6.07, 6.45) is 7.54. The second-order valence-electron chi connectivity index (χ2n) is 5.91. The van der Waals surface area contributed by atoms with Gasteiger partial charge in [-0.15, -0.1) is 0 Å². The van der Waals surface area contributed by atoms with Crippen molar-refractivity contribution in [2.45, 2.75) is 44.6 Å². The lowest BCUT2D eigenvalue weighted by atomic mass is 9.97. The lowest BCUT2D eigenvalue weighted by Gasteiger charge is -2.29. The fraction of sp³-hybridized carbons (Fsp3) is 0.929. The second kappa shape index (κ2) is 7.10. The van der Waals surface area contributed by atoms with E-state index in [1.807, 2.05) is 0 Å². The first-order valence-electron chi connectivity index (χ1n) is 7.42. The van der Waals surface area contributed by atoms with Gasteiger partial charge in [-0.3, -0.25) is 4.79 Å². The average molecular weight is 253 g/mol. The van der Waals surface area contributed by atoms with Gasteiger partial charge in [0, 0.05) is 12.6 Å². The number of rotatable bonds is 5. The van der Waals surface area contributed by atoms with Gasteiger partial charge in [-0.2, -0.15) is 0 Å². The molecule has 1 aliphatic carbocycles. The van der Waals surface area contributed by atoms with Crippen LogP contribution in [0.5, 0.6) is 0 Å². The van der Waals surface area contributed by atoms with Gasteiger partial charge in [0.1, 0.15) is 0 Å². The molecule has 4 heteroatoms. The van der Waals surface area contributed by atoms with Gasteiger partial charge in [0.2, 0.25) is 5.91 Å². The highest BCUT2D eigenvalue weighted by atomic mass is 16.1. The van der Waals surface area contributed by atoms with Crippen LogP contribution in [0, 0.1) is 5.92 Å². The smallest absolute Gasteiger partial charge is 0.233 e. The summed E-state index contributed by atoms with van der Waals surface area (Å²) in [6.45, 7) is 3.69. The molecule has 0 radical (unpaired) electrons. The van der Waals surface area contributed by atoms with Gasteiger partial charge in [0.05, 0.1) is 6.54 Å². The lowest BCUT2D eigenvalue weighted by Crippen LogP contribution is -2.41. The summed E-state index contributed by atoms with van der Waals surface area (Å²) in [6, 6.07) is 0.582. The number of nitrogens with one attached hydrogen (secondary N) is 2. The van der Waals surface area contributed by atoms with Gasteiger partial charge in [0.25, 0.3) is 0 Å². The van der Waals surface area contributed by atoms with E-state index < -0.39 is 0 Å². The fourth-order valence-corrected chi connectivity index (χ4v) is 2.95. The maximum atomic E-state index is 11.7. The number of hydrogen-bond acceptors (Lipinski definition) is 3. The van der Waals surface area contributed by atoms with E-state index in [0.29, 0.717) is 18.5 Å². The lowest BCUT2D eigenvalue weighted by molar-refractivity contribution is -0.120. The highest BCUT2D eigenvalue weighted by molar-refractivity contribution is 5.78. The molecule has 0 aromatic carbocycles. The topological polar surface area (TPSA) is 44.4 Å². The third kappa shape index (κ3) is 4.58. The minimum absolute atomic E-state index is 0.167. The molecular formula is C14H27N3O. The van der Waals surface area contributed by atoms with Crippen LogP contribution in [0.1, 0.15) is 38.5 Å². The van der Waals surface area contributed by atoms with E-state index in [9.17, 15) is 4.79 Å². The van der Waals surface area contributed by atoms with Gasteiger partial charge in [-0.1, -0.05) is 12.8 Å². The average Bonchev–Trinajstić information content (AvgIpc) is 2.89. The van der Waals surface area contributed by atoms with E-state index in [1.165, 1.54) is 51.6 Å². The van der Waals surface area contributed by atoms with Gasteiger partial charge in [-0.05, 0) is 51.7 Å². The minimum Gasteiger partial charge on any atom is -0.355 e. The monoisotopic (exact) mass is 253 g/mol. The Kier molecular flexibility index (Phi) is 5.45. The number of carbonyl (C=O) groups is 1. The van der Waals surface area contributed by atoms with E-state index >= 15 is 0 Å². The van der Waals surface area contributed by atoms with Crippen molar-refractivity contribution < 1.29 is 4.79 Å². The van der Waals surface area contributed by atoms with Crippen molar-refractivity contribution >= 4 is 5.91 Å². The minimum atomic E-state index is 0.167. The highest BCUT2D eigenvalue weighted by Gasteiger charge is 2.18. The Labute approximate surface area is 110 Å². The molecule has 1 heterocycles. The normalized spacial score (nSPS) is 23.4. The van der Waals surface area contributed by atoms with E-state index in [-0.39, 0.29) is 5.91 Å². The predicted molar refractivity (Wildman–Crippen MR) is 73.5 cm³/mol. The molecule has 2 aliphatic rings. The van der Waals surface area contributed by atoms with Gasteiger partial charge >= 0.3 is 0 Å². The van der Waals surface area contributed by atoms with Crippen LogP contribution >= 0.6 is 0 Å². The molecule has 0 atom stereocenters. The number of amides is 1. The summed E-state index contributed by atoms with van der Waals surface area (Å²) >= 11 is 0. The van der Waals surface area contributed by atoms with Gasteiger partial charge < -0.3 is 15.5 Å². The molecule has 0 spiro atoms. The Morgan fingerprint density at radius 2 is 1.83 bits per heavy atom. The van der Waals surface area contributed by atoms with Crippen molar-refractivity contribution in [3.05, 3.63) is 0 Å². The van der Waals surface area contributed by atoms with Crippen molar-refractivity contribution in [3.63, 3.8) is 0 Å². The zero-order chi connectivity index (χ0) is 12.8. The molecular weight excluding hydrogens is 226 g/mol. The molecule has 0 aromatic rings. The zero-order valence-corrected chi connectivity index (χ0v) is 11.6. The summed E-state index contributed by atoms with van der Waals surface area (Å²) in [7, 11) is 2.17. The van der Waals surface area contributed by atoms with Crippen LogP contribution in [0.15, 0.2) is 0 Å². The Morgan fingerprint density at radius 1 is 1.17 bits per heavy atom. The molecule has 0 bridgehead atoms. The largest absolute Gasteiger partial charge is 0.355 e. The fourth-order valence-electron chi connectivity index (χ4n) is 2.95. The van der Waals surface area contributed by atoms with E-state index in [1.54, 1.807) is 0 Å². The molecule has 2 rings (SSSR count). The second-order valence-corrected chi connectivity index (χ2v) is 5.91. The number of piperidine rings is 1. The first kappa shape index (κ1) is 13.8. The van der Waals surface area contributed by atoms with Crippen LogP contribution in [0.25, 0.3) is 0 Å². The number of likely N-dealkylation sites (tertiary alicyclic amines) is 1. The number of nitrogens with zero attached hydrogens (tertiary/aromatic N) is 1. The molecule has 0 aromatic heterocycles. The molecule has 1 saturated carbocycles. The van der Waals surface area contributed by atoms with E-state index in [0.717, 1.165) is 6.54 Å². The summed E-state index contributed by atoms with van der Waals surface area (Å²) in [5.74, 6) is 0.845. The Balaban J connectivity index is 1.54. The molecule has 2 fully saturated rings. The van der Waals surface area contributed by atoms with Crippen LogP contribution in [0.2, 0.25) is 0 Å². The summed E-state index contributed by atoms with van der Waals surface area (Å²) < 4.78 is 0. The van der Waals surface area contributed by atoms with Crippen LogP contribution in [-0.2, 0) is 4.79 Å². The van der Waals surface area contributed by atoms with Gasteiger partial charge in [0.15, 0.2) is 0 Å². The van der Waals surface area contributed by atoms with Crippen molar-refractivity contribution in [1.29, 1.82) is 0 Å². The molecule has 0 unspecified atom stereocenters. The summed E-state index contributed by atoms with van der Waals surface area (Å²) in [5, 5.41) is 6.43. The predicted octanol–water partition coefficient (Wildman–Crippen LogP) is 0.977. The molecule has 104 valence electrons. The number of hydrogen-bond donors (Lipinski definition) is 2. The van der Waals surface area contributed by atoms with Crippen molar-refractivity contribution in [2.24, 2.45) is 5.92 Å². The first-order chi connectivity index (χ1) is 8.74. The van der Waals surface area contributed by atoms with Crippen LogP contribution < -0.4 is 10.6 Å². The zero-order valence-electron chi connectivity index (χ0n) is 11.6. The third-order valence-electron chi connectivity index (χ3n) is 4.33. The summed E-state index contributed by atoms with van der Waals surface area (Å²) in [4.78, 5) is 14.1. The van der Waals surface area contributed by atoms with Crippen LogP contribution in [-0.4, -0.2) is 50.1 Å². The molecule has 1 saturated heterocycles.